The van der Waals surface area contributed by atoms with Crippen LogP contribution in [0.5, 0.6) is 0 Å². The number of ether oxygens (including phenoxy) is 1. The molecule has 0 amide bonds. The van der Waals surface area contributed by atoms with Crippen LogP contribution in [0.3, 0.4) is 0 Å². The summed E-state index contributed by atoms with van der Waals surface area (Å²) in [6.45, 7) is 1.71. The van der Waals surface area contributed by atoms with Crippen LogP contribution in [-0.4, -0.2) is 39.5 Å². The zero-order valence-electron chi connectivity index (χ0n) is 11.1. The molecule has 0 saturated carbocycles. The van der Waals surface area contributed by atoms with Crippen molar-refractivity contribution < 1.29 is 17.9 Å². The van der Waals surface area contributed by atoms with E-state index >= 15 is 0 Å². The van der Waals surface area contributed by atoms with Crippen LogP contribution in [0.1, 0.15) is 22.2 Å². The zero-order chi connectivity index (χ0) is 15.3. The van der Waals surface area contributed by atoms with Gasteiger partial charge in [-0.1, -0.05) is 6.92 Å². The van der Waals surface area contributed by atoms with E-state index in [4.69, 9.17) is 11.0 Å². The normalized spacial score (nSPS) is 10.8. The first-order valence-electron chi connectivity index (χ1n) is 5.71. The molecule has 110 valence electrons. The summed E-state index contributed by atoms with van der Waals surface area (Å²) >= 11 is 0.974. The minimum Gasteiger partial charge on any atom is -0.465 e. The molecule has 3 N–H and O–H groups in total. The summed E-state index contributed by atoms with van der Waals surface area (Å²) in [6.07, 6.45) is 0. The quantitative estimate of drug-likeness (QED) is 0.745. The highest BCUT2D eigenvalue weighted by Crippen LogP contribution is 2.35. The van der Waals surface area contributed by atoms with Gasteiger partial charge < -0.3 is 15.8 Å². The molecular weight excluding hydrogens is 302 g/mol. The highest BCUT2D eigenvalue weighted by Gasteiger charge is 2.21. The van der Waals surface area contributed by atoms with Crippen LogP contribution in [0.25, 0.3) is 0 Å². The number of methoxy groups -OCH3 is 1. The Hall–Kier alpha value is -1.79. The van der Waals surface area contributed by atoms with Crippen LogP contribution < -0.4 is 11.1 Å². The lowest BCUT2D eigenvalue weighted by Crippen LogP contribution is -2.17. The molecule has 0 spiro atoms. The third-order valence-electron chi connectivity index (χ3n) is 2.57. The molecule has 0 aromatic carbocycles. The molecule has 0 bridgehead atoms. The summed E-state index contributed by atoms with van der Waals surface area (Å²) in [6, 6.07) is 1.89. The molecule has 0 atom stereocenters. The van der Waals surface area contributed by atoms with Crippen molar-refractivity contribution in [1.82, 2.24) is 0 Å². The molecule has 0 radical (unpaired) electrons. The van der Waals surface area contributed by atoms with Gasteiger partial charge in [0.15, 0.2) is 9.84 Å². The monoisotopic (exact) mass is 317 g/mol. The molecule has 0 aliphatic carbocycles. The number of carbonyl (C=O) groups excluding carboxylic acids is 1. The zero-order valence-corrected chi connectivity index (χ0v) is 12.7. The van der Waals surface area contributed by atoms with Gasteiger partial charge in [-0.15, -0.1) is 11.3 Å². The number of thiophene rings is 1. The highest BCUT2D eigenvalue weighted by molar-refractivity contribution is 7.91. The second kappa shape index (κ2) is 6.58. The van der Waals surface area contributed by atoms with E-state index in [1.807, 2.05) is 6.07 Å². The van der Waals surface area contributed by atoms with Crippen molar-refractivity contribution in [3.8, 4) is 6.07 Å². The topological polar surface area (TPSA) is 122 Å². The Morgan fingerprint density at radius 1 is 1.55 bits per heavy atom. The lowest BCUT2D eigenvalue weighted by molar-refractivity contribution is 0.0607. The van der Waals surface area contributed by atoms with Gasteiger partial charge in [0.05, 0.1) is 18.6 Å². The van der Waals surface area contributed by atoms with E-state index in [0.29, 0.717) is 5.00 Å². The van der Waals surface area contributed by atoms with Crippen LogP contribution in [0.2, 0.25) is 0 Å². The number of carbonyl (C=O) groups is 1. The van der Waals surface area contributed by atoms with Crippen LogP contribution in [0.4, 0.5) is 10.7 Å². The summed E-state index contributed by atoms with van der Waals surface area (Å²) < 4.78 is 27.3. The van der Waals surface area contributed by atoms with Gasteiger partial charge in [0.1, 0.15) is 21.5 Å². The van der Waals surface area contributed by atoms with Gasteiger partial charge >= 0.3 is 5.97 Å². The average molecular weight is 317 g/mol. The van der Waals surface area contributed by atoms with Crippen molar-refractivity contribution in [3.63, 3.8) is 0 Å². The Balaban J connectivity index is 2.91. The molecule has 7 nitrogen and oxygen atoms in total. The van der Waals surface area contributed by atoms with Crippen LogP contribution in [-0.2, 0) is 14.6 Å². The molecule has 20 heavy (non-hydrogen) atoms. The van der Waals surface area contributed by atoms with E-state index in [2.05, 4.69) is 10.1 Å². The van der Waals surface area contributed by atoms with Crippen molar-refractivity contribution in [2.75, 3.05) is 36.2 Å². The summed E-state index contributed by atoms with van der Waals surface area (Å²) in [7, 11) is -1.88. The number of sulfone groups is 1. The number of esters is 1. The van der Waals surface area contributed by atoms with Gasteiger partial charge in [-0.25, -0.2) is 13.2 Å². The van der Waals surface area contributed by atoms with Crippen molar-refractivity contribution >= 4 is 37.8 Å². The molecule has 0 unspecified atom stereocenters. The summed E-state index contributed by atoms with van der Waals surface area (Å²) in [4.78, 5) is 11.6. The van der Waals surface area contributed by atoms with Gasteiger partial charge in [-0.3, -0.25) is 0 Å². The Morgan fingerprint density at radius 2 is 2.20 bits per heavy atom. The first kappa shape index (κ1) is 16.3. The molecule has 1 heterocycles. The maximum Gasteiger partial charge on any atom is 0.350 e. The fraction of sp³-hybridized carbons (Fsp3) is 0.455. The Kier molecular flexibility index (Phi) is 5.35. The minimum absolute atomic E-state index is 0.0465. The number of rotatable bonds is 6. The Morgan fingerprint density at radius 3 is 2.70 bits per heavy atom. The van der Waals surface area contributed by atoms with Gasteiger partial charge in [0, 0.05) is 12.3 Å². The highest BCUT2D eigenvalue weighted by atomic mass is 32.2. The number of nitrogen functional groups attached to an aromatic ring is 1. The number of hydrogen-bond donors (Lipinski definition) is 2. The van der Waals surface area contributed by atoms with E-state index in [9.17, 15) is 13.2 Å². The summed E-state index contributed by atoms with van der Waals surface area (Å²) in [5, 5.41) is 12.2. The van der Waals surface area contributed by atoms with Gasteiger partial charge in [-0.2, -0.15) is 5.26 Å². The maximum atomic E-state index is 11.5. The Labute approximate surface area is 121 Å². The molecule has 9 heteroatoms. The fourth-order valence-corrected chi connectivity index (χ4v) is 3.10. The molecule has 0 aliphatic rings. The average Bonchev–Trinajstić information content (AvgIpc) is 2.74. The number of anilines is 2. The van der Waals surface area contributed by atoms with E-state index in [1.54, 1.807) is 6.92 Å². The van der Waals surface area contributed by atoms with Gasteiger partial charge in [0.25, 0.3) is 0 Å². The number of nitriles is 1. The molecular formula is C11H15N3O4S2. The SMILES string of the molecule is CCS(=O)(=O)CCNc1sc(C(=O)OC)c(N)c1C#N. The predicted octanol–water partition coefficient (Wildman–Crippen LogP) is 0.835. The van der Waals surface area contributed by atoms with E-state index < -0.39 is 15.8 Å². The smallest absolute Gasteiger partial charge is 0.350 e. The van der Waals surface area contributed by atoms with Crippen molar-refractivity contribution in [2.24, 2.45) is 0 Å². The number of nitrogens with two attached hydrogens (primary N) is 1. The van der Waals surface area contributed by atoms with Crippen molar-refractivity contribution in [1.29, 1.82) is 5.26 Å². The lowest BCUT2D eigenvalue weighted by atomic mass is 10.2. The second-order valence-electron chi connectivity index (χ2n) is 3.82. The van der Waals surface area contributed by atoms with Crippen molar-refractivity contribution in [3.05, 3.63) is 10.4 Å². The standard InChI is InChI=1S/C11H15N3O4S2/c1-3-20(16,17)5-4-14-10-7(6-12)8(13)9(19-10)11(15)18-2/h14H,3-5,13H2,1-2H3. The number of hydrogen-bond acceptors (Lipinski definition) is 8. The van der Waals surface area contributed by atoms with Crippen LogP contribution >= 0.6 is 11.3 Å². The largest absolute Gasteiger partial charge is 0.465 e. The van der Waals surface area contributed by atoms with Crippen molar-refractivity contribution in [2.45, 2.75) is 6.92 Å². The first-order chi connectivity index (χ1) is 9.36. The van der Waals surface area contributed by atoms with Gasteiger partial charge in [-0.05, 0) is 0 Å². The number of nitrogens with zero attached hydrogens (tertiary/aromatic N) is 1. The maximum absolute atomic E-state index is 11.5. The fourth-order valence-electron chi connectivity index (χ4n) is 1.39. The second-order valence-corrected chi connectivity index (χ2v) is 7.31. The van der Waals surface area contributed by atoms with E-state index in [-0.39, 0.29) is 34.2 Å². The molecule has 1 rings (SSSR count). The molecule has 0 aliphatic heterocycles. The van der Waals surface area contributed by atoms with E-state index in [1.165, 1.54) is 7.11 Å². The Bertz CT molecular complexity index is 643. The lowest BCUT2D eigenvalue weighted by Gasteiger charge is -2.04. The first-order valence-corrected chi connectivity index (χ1v) is 8.35. The minimum atomic E-state index is -3.10. The molecule has 1 aromatic heterocycles. The van der Waals surface area contributed by atoms with Crippen LogP contribution in [0.15, 0.2) is 0 Å². The number of nitrogens with one attached hydrogen (secondary N) is 1. The van der Waals surface area contributed by atoms with Crippen LogP contribution in [0, 0.1) is 11.3 Å². The summed E-state index contributed by atoms with van der Waals surface area (Å²) in [5.74, 6) is -0.627. The summed E-state index contributed by atoms with van der Waals surface area (Å²) in [5.41, 5.74) is 5.88. The molecule has 1 aromatic rings. The molecule has 0 fully saturated rings. The van der Waals surface area contributed by atoms with Gasteiger partial charge in [0.2, 0.25) is 0 Å². The third-order valence-corrected chi connectivity index (χ3v) is 5.42. The molecule has 0 saturated heterocycles. The third kappa shape index (κ3) is 3.61. The predicted molar refractivity (Wildman–Crippen MR) is 77.6 cm³/mol. The van der Waals surface area contributed by atoms with E-state index in [0.717, 1.165) is 11.3 Å².